The molecule has 0 N–H and O–H groups in total. The molecule has 1 aromatic carbocycles. The van der Waals surface area contributed by atoms with E-state index in [1.54, 1.807) is 147 Å². The van der Waals surface area contributed by atoms with Crippen LogP contribution in [-0.4, -0.2) is 221 Å². The van der Waals surface area contributed by atoms with Gasteiger partial charge in [-0.2, -0.15) is 0 Å². The van der Waals surface area contributed by atoms with Gasteiger partial charge in [0.2, 0.25) is 0 Å². The number of nitro benzene ring substituents is 1. The molecule has 0 radical (unpaired) electrons. The zero-order valence-corrected chi connectivity index (χ0v) is 50.9. The van der Waals surface area contributed by atoms with Crippen molar-refractivity contribution in [2.24, 2.45) is 0 Å². The topological polar surface area (TPSA) is 220 Å². The third kappa shape index (κ3) is 33.6. The number of nitro groups is 1. The number of carbonyl (C=O) groups is 6. The second kappa shape index (κ2) is 30.7. The number of hydrogen-bond acceptors (Lipinski definition) is 20. The fourth-order valence-corrected chi connectivity index (χ4v) is 8.44. The summed E-state index contributed by atoms with van der Waals surface area (Å²) in [5.74, 6) is -2.90. The average molecular weight is 1110 g/mol. The van der Waals surface area contributed by atoms with Crippen LogP contribution in [0.1, 0.15) is 143 Å². The van der Waals surface area contributed by atoms with E-state index in [9.17, 15) is 38.9 Å². The summed E-state index contributed by atoms with van der Waals surface area (Å²) in [5.41, 5.74) is -3.65. The molecule has 78 heavy (non-hydrogen) atoms. The van der Waals surface area contributed by atoms with E-state index < -0.39 is 74.3 Å². The lowest BCUT2D eigenvalue weighted by Crippen LogP contribution is -2.51. The van der Waals surface area contributed by atoms with Crippen LogP contribution >= 0.6 is 0 Å². The number of nitrogens with zero attached hydrogens (tertiary/aromatic N) is 7. The van der Waals surface area contributed by atoms with Gasteiger partial charge in [0.25, 0.3) is 5.69 Å². The quantitative estimate of drug-likeness (QED) is 0.0439. The van der Waals surface area contributed by atoms with Gasteiger partial charge in [-0.15, -0.1) is 0 Å². The first-order valence-corrected chi connectivity index (χ1v) is 27.5. The van der Waals surface area contributed by atoms with Crippen LogP contribution in [-0.2, 0) is 63.6 Å². The molecule has 0 amide bonds. The molecular weight excluding hydrogens is 1010 g/mol. The first-order valence-electron chi connectivity index (χ1n) is 27.5. The molecule has 446 valence electrons. The minimum atomic E-state index is -0.793. The number of esters is 6. The minimum absolute atomic E-state index is 0.00816. The van der Waals surface area contributed by atoms with Gasteiger partial charge >= 0.3 is 35.8 Å². The van der Waals surface area contributed by atoms with Gasteiger partial charge in [-0.05, 0) is 149 Å². The minimum Gasteiger partial charge on any atom is -0.459 e. The molecule has 0 saturated carbocycles. The first kappa shape index (κ1) is 69.3. The van der Waals surface area contributed by atoms with Crippen molar-refractivity contribution in [1.29, 1.82) is 0 Å². The van der Waals surface area contributed by atoms with E-state index in [1.165, 1.54) is 12.1 Å². The van der Waals surface area contributed by atoms with Crippen molar-refractivity contribution >= 4 is 41.5 Å². The van der Waals surface area contributed by atoms with Crippen molar-refractivity contribution in [3.63, 3.8) is 0 Å². The molecule has 1 heterocycles. The van der Waals surface area contributed by atoms with Crippen molar-refractivity contribution in [2.75, 3.05) is 111 Å². The summed E-state index contributed by atoms with van der Waals surface area (Å²) in [5, 5.41) is 11.4. The molecule has 0 aliphatic carbocycles. The zero-order chi connectivity index (χ0) is 59.5. The highest BCUT2D eigenvalue weighted by atomic mass is 16.6. The largest absolute Gasteiger partial charge is 0.459 e. The Hall–Kier alpha value is -4.80. The fourth-order valence-electron chi connectivity index (χ4n) is 8.44. The molecule has 1 unspecified atom stereocenters. The van der Waals surface area contributed by atoms with Gasteiger partial charge in [-0.25, -0.2) is 0 Å². The number of benzene rings is 1. The SMILES string of the molecule is CC(C)(C)OC(=O)CN(CCN1CCN(CCN(CC(=O)OC(C)(C)C)CC(=O)OC(C)(C)C)CCN(CC(CCCc2ccc([N+](=O)[O-])cc2)N(CC(=O)OC(C)(C)C)CC(=O)OC(C)(C)C)CC1)CC(=O)OC(C)(C)C. The molecule has 1 saturated heterocycles. The highest BCUT2D eigenvalue weighted by molar-refractivity contribution is 5.77. The standard InChI is InChI=1S/C57H99N7O14/c1-52(2,3)73-46(65)37-61(38-47(66)74-53(4,5)6)34-30-58-26-27-59(31-35-62(39-48(67)75-54(7,8)9)40-49(68)76-55(10,11)12)29-33-60(32-28-58)36-45(21-19-20-43-22-24-44(25-23-43)64(71)72)63(41-50(69)77-56(13,14)15)42-51(70)78-57(16,17)18/h22-25,45H,19-21,26-42H2,1-18H3. The van der Waals surface area contributed by atoms with Crippen molar-refractivity contribution in [2.45, 2.75) is 184 Å². The van der Waals surface area contributed by atoms with Crippen molar-refractivity contribution in [1.82, 2.24) is 29.4 Å². The molecule has 1 aliphatic rings. The molecule has 2 rings (SSSR count). The van der Waals surface area contributed by atoms with Crippen LogP contribution in [0.25, 0.3) is 0 Å². The number of carbonyl (C=O) groups excluding carboxylic acids is 6. The van der Waals surface area contributed by atoms with Crippen molar-refractivity contribution in [3.05, 3.63) is 39.9 Å². The van der Waals surface area contributed by atoms with E-state index in [4.69, 9.17) is 28.4 Å². The Morgan fingerprint density at radius 3 is 1.04 bits per heavy atom. The summed E-state index contributed by atoms with van der Waals surface area (Å²) >= 11 is 0. The van der Waals surface area contributed by atoms with Crippen molar-refractivity contribution < 1.29 is 62.1 Å². The van der Waals surface area contributed by atoms with Gasteiger partial charge in [0, 0.05) is 90.2 Å². The third-order valence-electron chi connectivity index (χ3n) is 11.4. The Labute approximate surface area is 466 Å². The Morgan fingerprint density at radius 2 is 0.756 bits per heavy atom. The maximum absolute atomic E-state index is 13.7. The van der Waals surface area contributed by atoms with E-state index >= 15 is 0 Å². The Balaban J connectivity index is 2.68. The predicted octanol–water partition coefficient (Wildman–Crippen LogP) is 6.16. The van der Waals surface area contributed by atoms with Crippen LogP contribution in [0.5, 0.6) is 0 Å². The number of rotatable bonds is 26. The lowest BCUT2D eigenvalue weighted by molar-refractivity contribution is -0.384. The van der Waals surface area contributed by atoms with E-state index in [-0.39, 0.29) is 51.0 Å². The number of aryl methyl sites for hydroxylation is 1. The van der Waals surface area contributed by atoms with Gasteiger partial charge in [-0.3, -0.25) is 68.3 Å². The van der Waals surface area contributed by atoms with Crippen LogP contribution in [0.3, 0.4) is 0 Å². The average Bonchev–Trinajstić information content (AvgIpc) is 3.30. The first-order chi connectivity index (χ1) is 35.6. The van der Waals surface area contributed by atoms with Crippen LogP contribution in [0.4, 0.5) is 5.69 Å². The van der Waals surface area contributed by atoms with Crippen LogP contribution in [0, 0.1) is 10.1 Å². The summed E-state index contributed by atoms with van der Waals surface area (Å²) in [6, 6.07) is 6.05. The highest BCUT2D eigenvalue weighted by Crippen LogP contribution is 2.20. The molecule has 21 heteroatoms. The summed E-state index contributed by atoms with van der Waals surface area (Å²) in [7, 11) is 0. The predicted molar refractivity (Wildman–Crippen MR) is 299 cm³/mol. The van der Waals surface area contributed by atoms with Gasteiger partial charge in [0.15, 0.2) is 0 Å². The lowest BCUT2D eigenvalue weighted by Gasteiger charge is -2.36. The van der Waals surface area contributed by atoms with E-state index in [1.807, 2.05) is 4.90 Å². The fraction of sp³-hybridized carbons (Fsp3) is 0.789. The van der Waals surface area contributed by atoms with E-state index in [2.05, 4.69) is 14.7 Å². The third-order valence-corrected chi connectivity index (χ3v) is 11.4. The Bertz CT molecular complexity index is 1910. The lowest BCUT2D eigenvalue weighted by atomic mass is 10.0. The molecule has 0 aromatic heterocycles. The Morgan fingerprint density at radius 1 is 0.474 bits per heavy atom. The maximum Gasteiger partial charge on any atom is 0.320 e. The molecule has 1 fully saturated rings. The van der Waals surface area contributed by atoms with E-state index in [0.717, 1.165) is 5.56 Å². The molecule has 0 bridgehead atoms. The van der Waals surface area contributed by atoms with Gasteiger partial charge in [-0.1, -0.05) is 12.1 Å². The monoisotopic (exact) mass is 1110 g/mol. The zero-order valence-electron chi connectivity index (χ0n) is 50.9. The van der Waals surface area contributed by atoms with Crippen LogP contribution in [0.15, 0.2) is 24.3 Å². The maximum atomic E-state index is 13.7. The Kier molecular flexibility index (Phi) is 27.3. The molecule has 1 aliphatic heterocycles. The number of hydrogen-bond donors (Lipinski definition) is 0. The molecule has 0 spiro atoms. The van der Waals surface area contributed by atoms with Crippen LogP contribution in [0.2, 0.25) is 0 Å². The summed E-state index contributed by atoms with van der Waals surface area (Å²) in [4.78, 5) is 104. The molecular formula is C57H99N7O14. The number of non-ortho nitro benzene ring substituents is 1. The van der Waals surface area contributed by atoms with Crippen LogP contribution < -0.4 is 0 Å². The second-order valence-electron chi connectivity index (χ2n) is 26.3. The summed E-state index contributed by atoms with van der Waals surface area (Å²) in [6.07, 6.45) is 1.72. The summed E-state index contributed by atoms with van der Waals surface area (Å²) in [6.45, 7) is 36.6. The van der Waals surface area contributed by atoms with Gasteiger partial charge in [0.1, 0.15) is 33.6 Å². The van der Waals surface area contributed by atoms with Crippen molar-refractivity contribution in [3.8, 4) is 0 Å². The van der Waals surface area contributed by atoms with Gasteiger partial charge < -0.3 is 28.4 Å². The summed E-state index contributed by atoms with van der Waals surface area (Å²) < 4.78 is 34.3. The number of ether oxygens (including phenoxy) is 6. The van der Waals surface area contributed by atoms with Gasteiger partial charge in [0.05, 0.1) is 44.2 Å². The smallest absolute Gasteiger partial charge is 0.320 e. The highest BCUT2D eigenvalue weighted by Gasteiger charge is 2.32. The molecule has 1 atom stereocenters. The molecule has 21 nitrogen and oxygen atoms in total. The van der Waals surface area contributed by atoms with E-state index in [0.29, 0.717) is 91.3 Å². The second-order valence-corrected chi connectivity index (χ2v) is 26.3. The molecule has 1 aromatic rings. The normalized spacial score (nSPS) is 15.5.